The highest BCUT2D eigenvalue weighted by molar-refractivity contribution is 5.95. The zero-order valence-electron chi connectivity index (χ0n) is 12.2. The van der Waals surface area contributed by atoms with Crippen molar-refractivity contribution in [3.05, 3.63) is 29.8 Å². The molecule has 0 spiro atoms. The predicted molar refractivity (Wildman–Crippen MR) is 79.6 cm³/mol. The Hall–Kier alpha value is -1.84. The second-order valence-electron chi connectivity index (χ2n) is 5.56. The SMILES string of the molecule is CC(C)c1ccccc1NC(=O)CN1CCCCC1=O. The molecule has 0 saturated carbocycles. The van der Waals surface area contributed by atoms with Crippen molar-refractivity contribution in [3.8, 4) is 0 Å². The molecule has 108 valence electrons. The summed E-state index contributed by atoms with van der Waals surface area (Å²) >= 11 is 0. The Labute approximate surface area is 120 Å². The molecule has 20 heavy (non-hydrogen) atoms. The van der Waals surface area contributed by atoms with Gasteiger partial charge >= 0.3 is 0 Å². The lowest BCUT2D eigenvalue weighted by atomic mass is 10.0. The zero-order valence-corrected chi connectivity index (χ0v) is 12.2. The number of rotatable bonds is 4. The summed E-state index contributed by atoms with van der Waals surface area (Å²) < 4.78 is 0. The summed E-state index contributed by atoms with van der Waals surface area (Å²) in [6.45, 7) is 5.04. The van der Waals surface area contributed by atoms with Crippen LogP contribution in [0.4, 0.5) is 5.69 Å². The van der Waals surface area contributed by atoms with E-state index in [4.69, 9.17) is 0 Å². The smallest absolute Gasteiger partial charge is 0.244 e. The Morgan fingerprint density at radius 3 is 2.75 bits per heavy atom. The molecule has 0 aromatic heterocycles. The topological polar surface area (TPSA) is 49.4 Å². The number of carbonyl (C=O) groups is 2. The number of amides is 2. The van der Waals surface area contributed by atoms with Gasteiger partial charge < -0.3 is 10.2 Å². The molecule has 0 atom stereocenters. The van der Waals surface area contributed by atoms with Crippen LogP contribution in [0.5, 0.6) is 0 Å². The number of piperidine rings is 1. The van der Waals surface area contributed by atoms with Crippen molar-refractivity contribution < 1.29 is 9.59 Å². The summed E-state index contributed by atoms with van der Waals surface area (Å²) in [5.41, 5.74) is 1.96. The van der Waals surface area contributed by atoms with Gasteiger partial charge in [0, 0.05) is 18.7 Å². The van der Waals surface area contributed by atoms with E-state index in [1.807, 2.05) is 24.3 Å². The molecule has 0 unspecified atom stereocenters. The fourth-order valence-corrected chi connectivity index (χ4v) is 2.51. The summed E-state index contributed by atoms with van der Waals surface area (Å²) in [6, 6.07) is 7.81. The lowest BCUT2D eigenvalue weighted by Crippen LogP contribution is -2.40. The lowest BCUT2D eigenvalue weighted by Gasteiger charge is -2.26. The third-order valence-corrected chi connectivity index (χ3v) is 3.61. The number of carbonyl (C=O) groups excluding carboxylic acids is 2. The molecular formula is C16H22N2O2. The van der Waals surface area contributed by atoms with Crippen LogP contribution < -0.4 is 5.32 Å². The molecule has 1 fully saturated rings. The highest BCUT2D eigenvalue weighted by atomic mass is 16.2. The Kier molecular flexibility index (Phi) is 4.77. The Balaban J connectivity index is 1.99. The molecule has 2 amide bonds. The van der Waals surface area contributed by atoms with Gasteiger partial charge in [0.25, 0.3) is 0 Å². The molecule has 1 aliphatic rings. The molecule has 0 radical (unpaired) electrons. The van der Waals surface area contributed by atoms with Crippen molar-refractivity contribution in [2.75, 3.05) is 18.4 Å². The number of para-hydroxylation sites is 1. The van der Waals surface area contributed by atoms with Crippen molar-refractivity contribution in [2.45, 2.75) is 39.0 Å². The van der Waals surface area contributed by atoms with Gasteiger partial charge in [0.1, 0.15) is 0 Å². The predicted octanol–water partition coefficient (Wildman–Crippen LogP) is 2.76. The zero-order chi connectivity index (χ0) is 14.5. The van der Waals surface area contributed by atoms with Crippen LogP contribution in [0.25, 0.3) is 0 Å². The van der Waals surface area contributed by atoms with E-state index >= 15 is 0 Å². The van der Waals surface area contributed by atoms with Gasteiger partial charge in [0.2, 0.25) is 11.8 Å². The van der Waals surface area contributed by atoms with E-state index in [9.17, 15) is 9.59 Å². The maximum absolute atomic E-state index is 12.1. The van der Waals surface area contributed by atoms with Crippen LogP contribution in [0.1, 0.15) is 44.6 Å². The molecule has 4 heteroatoms. The van der Waals surface area contributed by atoms with E-state index in [0.29, 0.717) is 18.9 Å². The highest BCUT2D eigenvalue weighted by Crippen LogP contribution is 2.23. The summed E-state index contributed by atoms with van der Waals surface area (Å²) in [5, 5.41) is 2.93. The molecule has 0 aliphatic carbocycles. The third-order valence-electron chi connectivity index (χ3n) is 3.61. The van der Waals surface area contributed by atoms with Crippen molar-refractivity contribution in [1.82, 2.24) is 4.90 Å². The summed E-state index contributed by atoms with van der Waals surface area (Å²) in [5.74, 6) is 0.319. The number of benzene rings is 1. The summed E-state index contributed by atoms with van der Waals surface area (Å²) in [7, 11) is 0. The molecular weight excluding hydrogens is 252 g/mol. The average Bonchev–Trinajstić information content (AvgIpc) is 2.41. The van der Waals surface area contributed by atoms with Gasteiger partial charge in [-0.05, 0) is 30.4 Å². The first kappa shape index (κ1) is 14.6. The van der Waals surface area contributed by atoms with Crippen molar-refractivity contribution in [3.63, 3.8) is 0 Å². The van der Waals surface area contributed by atoms with Gasteiger partial charge in [-0.25, -0.2) is 0 Å². The van der Waals surface area contributed by atoms with E-state index in [2.05, 4.69) is 19.2 Å². The van der Waals surface area contributed by atoms with Crippen LogP contribution >= 0.6 is 0 Å². The Bertz CT molecular complexity index is 497. The van der Waals surface area contributed by atoms with E-state index in [1.165, 1.54) is 0 Å². The maximum Gasteiger partial charge on any atom is 0.244 e. The fourth-order valence-electron chi connectivity index (χ4n) is 2.51. The molecule has 1 aromatic carbocycles. The van der Waals surface area contributed by atoms with Crippen LogP contribution in [-0.2, 0) is 9.59 Å². The standard InChI is InChI=1S/C16H22N2O2/c1-12(2)13-7-3-4-8-14(13)17-15(19)11-18-10-6-5-9-16(18)20/h3-4,7-8,12H,5-6,9-11H2,1-2H3,(H,17,19). The minimum Gasteiger partial charge on any atom is -0.333 e. The van der Waals surface area contributed by atoms with Gasteiger partial charge in [0.05, 0.1) is 6.54 Å². The Morgan fingerprint density at radius 1 is 1.30 bits per heavy atom. The molecule has 1 saturated heterocycles. The van der Waals surface area contributed by atoms with Gasteiger partial charge in [-0.3, -0.25) is 9.59 Å². The number of likely N-dealkylation sites (tertiary alicyclic amines) is 1. The van der Waals surface area contributed by atoms with Crippen LogP contribution in [-0.4, -0.2) is 29.8 Å². The largest absolute Gasteiger partial charge is 0.333 e. The van der Waals surface area contributed by atoms with Crippen molar-refractivity contribution in [2.24, 2.45) is 0 Å². The van der Waals surface area contributed by atoms with E-state index in [1.54, 1.807) is 4.90 Å². The first-order valence-corrected chi connectivity index (χ1v) is 7.24. The van der Waals surface area contributed by atoms with Crippen LogP contribution in [0.3, 0.4) is 0 Å². The van der Waals surface area contributed by atoms with Crippen LogP contribution in [0, 0.1) is 0 Å². The monoisotopic (exact) mass is 274 g/mol. The van der Waals surface area contributed by atoms with E-state index < -0.39 is 0 Å². The first-order chi connectivity index (χ1) is 9.58. The van der Waals surface area contributed by atoms with Crippen molar-refractivity contribution in [1.29, 1.82) is 0 Å². The lowest BCUT2D eigenvalue weighted by molar-refractivity contribution is -0.136. The number of anilines is 1. The minimum absolute atomic E-state index is 0.0866. The van der Waals surface area contributed by atoms with Crippen LogP contribution in [0.15, 0.2) is 24.3 Å². The molecule has 1 aliphatic heterocycles. The second-order valence-corrected chi connectivity index (χ2v) is 5.56. The third kappa shape index (κ3) is 3.59. The summed E-state index contributed by atoms with van der Waals surface area (Å²) in [6.07, 6.45) is 2.49. The Morgan fingerprint density at radius 2 is 2.05 bits per heavy atom. The molecule has 4 nitrogen and oxygen atoms in total. The quantitative estimate of drug-likeness (QED) is 0.917. The maximum atomic E-state index is 12.1. The average molecular weight is 274 g/mol. The van der Waals surface area contributed by atoms with Gasteiger partial charge in [-0.2, -0.15) is 0 Å². The fraction of sp³-hybridized carbons (Fsp3) is 0.500. The summed E-state index contributed by atoms with van der Waals surface area (Å²) in [4.78, 5) is 25.4. The van der Waals surface area contributed by atoms with Crippen LogP contribution in [0.2, 0.25) is 0 Å². The molecule has 0 bridgehead atoms. The van der Waals surface area contributed by atoms with Gasteiger partial charge in [-0.15, -0.1) is 0 Å². The second kappa shape index (κ2) is 6.55. The first-order valence-electron chi connectivity index (χ1n) is 7.24. The molecule has 1 heterocycles. The number of nitrogens with zero attached hydrogens (tertiary/aromatic N) is 1. The molecule has 1 aromatic rings. The normalized spacial score (nSPS) is 15.6. The number of hydrogen-bond acceptors (Lipinski definition) is 2. The van der Waals surface area contributed by atoms with E-state index in [0.717, 1.165) is 24.1 Å². The molecule has 1 N–H and O–H groups in total. The minimum atomic E-state index is -0.117. The van der Waals surface area contributed by atoms with Gasteiger partial charge in [0.15, 0.2) is 0 Å². The van der Waals surface area contributed by atoms with E-state index in [-0.39, 0.29) is 18.4 Å². The number of nitrogens with one attached hydrogen (secondary N) is 1. The molecule has 2 rings (SSSR count). The highest BCUT2D eigenvalue weighted by Gasteiger charge is 2.20. The van der Waals surface area contributed by atoms with Gasteiger partial charge in [-0.1, -0.05) is 32.0 Å². The van der Waals surface area contributed by atoms with Crippen molar-refractivity contribution >= 4 is 17.5 Å². The number of hydrogen-bond donors (Lipinski definition) is 1.